The number of nitriles is 1. The maximum atomic E-state index is 8.84. The number of nitrogens with one attached hydrogen (secondary N) is 1. The van der Waals surface area contributed by atoms with E-state index in [1.165, 1.54) is 19.3 Å². The Balaban J connectivity index is 1.71. The molecule has 1 aromatic rings. The molecule has 2 bridgehead atoms. The molecule has 1 aromatic heterocycles. The molecule has 3 rings (SSSR count). The summed E-state index contributed by atoms with van der Waals surface area (Å²) in [6, 6.07) is 5.54. The van der Waals surface area contributed by atoms with E-state index in [0.29, 0.717) is 29.4 Å². The standard InChI is InChI=1S/C15H21N5/c1-20-12-3-2-4-13(20)7-11(6-12)19-15-14(17)5-10(8-16)9-18-15/h5,9,11-13H,2-4,6-7,17H2,1H3,(H,18,19). The molecule has 2 saturated heterocycles. The molecule has 5 heteroatoms. The van der Waals surface area contributed by atoms with Crippen LogP contribution in [0.25, 0.3) is 0 Å². The fraction of sp³-hybridized carbons (Fsp3) is 0.600. The van der Waals surface area contributed by atoms with E-state index in [9.17, 15) is 0 Å². The summed E-state index contributed by atoms with van der Waals surface area (Å²) in [6.07, 6.45) is 7.81. The summed E-state index contributed by atoms with van der Waals surface area (Å²) in [7, 11) is 2.25. The molecule has 5 nitrogen and oxygen atoms in total. The average Bonchev–Trinajstić information content (AvgIpc) is 2.42. The Bertz CT molecular complexity index is 522. The van der Waals surface area contributed by atoms with Crippen LogP contribution in [-0.4, -0.2) is 35.1 Å². The smallest absolute Gasteiger partial charge is 0.149 e. The van der Waals surface area contributed by atoms with Crippen molar-refractivity contribution in [3.63, 3.8) is 0 Å². The van der Waals surface area contributed by atoms with Crippen LogP contribution in [0.4, 0.5) is 11.5 Å². The Morgan fingerprint density at radius 3 is 2.70 bits per heavy atom. The number of fused-ring (bicyclic) bond motifs is 2. The van der Waals surface area contributed by atoms with Crippen LogP contribution in [0, 0.1) is 11.3 Å². The van der Waals surface area contributed by atoms with Gasteiger partial charge in [-0.1, -0.05) is 6.42 Å². The molecule has 0 spiro atoms. The lowest BCUT2D eigenvalue weighted by Gasteiger charge is -2.47. The summed E-state index contributed by atoms with van der Waals surface area (Å²) in [5, 5.41) is 12.3. The van der Waals surface area contributed by atoms with E-state index in [4.69, 9.17) is 11.0 Å². The first-order chi connectivity index (χ1) is 9.67. The number of nitrogen functional groups attached to an aromatic ring is 1. The minimum atomic E-state index is 0.434. The number of pyridine rings is 1. The van der Waals surface area contributed by atoms with Gasteiger partial charge in [0.15, 0.2) is 0 Å². The number of anilines is 2. The van der Waals surface area contributed by atoms with Gasteiger partial charge in [-0.25, -0.2) is 4.98 Å². The number of hydrogen-bond donors (Lipinski definition) is 2. The van der Waals surface area contributed by atoms with Crippen LogP contribution in [0.3, 0.4) is 0 Å². The molecule has 2 atom stereocenters. The minimum absolute atomic E-state index is 0.434. The van der Waals surface area contributed by atoms with Crippen molar-refractivity contribution in [1.29, 1.82) is 5.26 Å². The number of nitrogens with two attached hydrogens (primary N) is 1. The van der Waals surface area contributed by atoms with Gasteiger partial charge in [0.25, 0.3) is 0 Å². The molecule has 0 aliphatic carbocycles. The highest BCUT2D eigenvalue weighted by atomic mass is 15.2. The lowest BCUT2D eigenvalue weighted by molar-refractivity contribution is 0.0608. The van der Waals surface area contributed by atoms with E-state index in [1.54, 1.807) is 12.3 Å². The molecule has 0 saturated carbocycles. The van der Waals surface area contributed by atoms with Crippen molar-refractivity contribution in [2.24, 2.45) is 0 Å². The molecule has 0 aromatic carbocycles. The normalized spacial score (nSPS) is 29.7. The van der Waals surface area contributed by atoms with E-state index in [0.717, 1.165) is 18.7 Å². The number of aromatic nitrogens is 1. The first kappa shape index (κ1) is 13.2. The van der Waals surface area contributed by atoms with Crippen molar-refractivity contribution < 1.29 is 0 Å². The largest absolute Gasteiger partial charge is 0.396 e. The van der Waals surface area contributed by atoms with Gasteiger partial charge < -0.3 is 16.0 Å². The summed E-state index contributed by atoms with van der Waals surface area (Å²) in [5.74, 6) is 0.719. The van der Waals surface area contributed by atoms with Crippen LogP contribution < -0.4 is 11.1 Å². The Morgan fingerprint density at radius 1 is 1.40 bits per heavy atom. The van der Waals surface area contributed by atoms with Crippen LogP contribution in [0.1, 0.15) is 37.7 Å². The second kappa shape index (κ2) is 5.29. The van der Waals surface area contributed by atoms with E-state index in [-0.39, 0.29) is 0 Å². The maximum absolute atomic E-state index is 8.84. The predicted molar refractivity (Wildman–Crippen MR) is 79.2 cm³/mol. The molecular weight excluding hydrogens is 250 g/mol. The Hall–Kier alpha value is -1.80. The second-order valence-corrected chi connectivity index (χ2v) is 5.99. The van der Waals surface area contributed by atoms with Crippen LogP contribution in [0.5, 0.6) is 0 Å². The van der Waals surface area contributed by atoms with Crippen molar-refractivity contribution in [3.8, 4) is 6.07 Å². The summed E-state index contributed by atoms with van der Waals surface area (Å²) < 4.78 is 0. The number of hydrogen-bond acceptors (Lipinski definition) is 5. The molecule has 2 fully saturated rings. The van der Waals surface area contributed by atoms with Gasteiger partial charge in [-0.3, -0.25) is 0 Å². The number of rotatable bonds is 2. The van der Waals surface area contributed by atoms with Crippen LogP contribution in [0.2, 0.25) is 0 Å². The van der Waals surface area contributed by atoms with Gasteiger partial charge in [0.1, 0.15) is 11.9 Å². The summed E-state index contributed by atoms with van der Waals surface area (Å²) in [6.45, 7) is 0. The Kier molecular flexibility index (Phi) is 3.49. The zero-order valence-corrected chi connectivity index (χ0v) is 11.8. The minimum Gasteiger partial charge on any atom is -0.396 e. The molecular formula is C15H21N5. The zero-order chi connectivity index (χ0) is 14.1. The van der Waals surface area contributed by atoms with Gasteiger partial charge in [0, 0.05) is 24.3 Å². The van der Waals surface area contributed by atoms with Crippen LogP contribution in [0.15, 0.2) is 12.3 Å². The molecule has 20 heavy (non-hydrogen) atoms. The molecule has 0 amide bonds. The van der Waals surface area contributed by atoms with E-state index < -0.39 is 0 Å². The van der Waals surface area contributed by atoms with Gasteiger partial charge >= 0.3 is 0 Å². The van der Waals surface area contributed by atoms with Gasteiger partial charge in [-0.2, -0.15) is 5.26 Å². The lowest BCUT2D eigenvalue weighted by atomic mass is 9.82. The van der Waals surface area contributed by atoms with E-state index in [1.807, 2.05) is 0 Å². The third-order valence-corrected chi connectivity index (χ3v) is 4.73. The Labute approximate surface area is 119 Å². The third-order valence-electron chi connectivity index (χ3n) is 4.73. The van der Waals surface area contributed by atoms with Gasteiger partial charge in [-0.05, 0) is 38.8 Å². The van der Waals surface area contributed by atoms with Gasteiger partial charge in [-0.15, -0.1) is 0 Å². The summed E-state index contributed by atoms with van der Waals surface area (Å²) in [4.78, 5) is 6.82. The summed E-state index contributed by atoms with van der Waals surface area (Å²) >= 11 is 0. The van der Waals surface area contributed by atoms with Crippen LogP contribution >= 0.6 is 0 Å². The fourth-order valence-electron chi connectivity index (χ4n) is 3.59. The number of piperidine rings is 2. The van der Waals surface area contributed by atoms with E-state index in [2.05, 4.69) is 28.3 Å². The molecule has 106 valence electrons. The van der Waals surface area contributed by atoms with Crippen molar-refractivity contribution in [1.82, 2.24) is 9.88 Å². The summed E-state index contributed by atoms with van der Waals surface area (Å²) in [5.41, 5.74) is 7.04. The topological polar surface area (TPSA) is 78.0 Å². The lowest BCUT2D eigenvalue weighted by Crippen LogP contribution is -2.52. The average molecular weight is 271 g/mol. The molecule has 2 aliphatic heterocycles. The quantitative estimate of drug-likeness (QED) is 0.859. The maximum Gasteiger partial charge on any atom is 0.149 e. The monoisotopic (exact) mass is 271 g/mol. The van der Waals surface area contributed by atoms with Crippen LogP contribution in [-0.2, 0) is 0 Å². The molecule has 2 unspecified atom stereocenters. The van der Waals surface area contributed by atoms with Crippen molar-refractivity contribution in [2.45, 2.75) is 50.2 Å². The van der Waals surface area contributed by atoms with Crippen molar-refractivity contribution >= 4 is 11.5 Å². The first-order valence-electron chi connectivity index (χ1n) is 7.31. The molecule has 2 aliphatic rings. The molecule has 3 heterocycles. The van der Waals surface area contributed by atoms with E-state index >= 15 is 0 Å². The zero-order valence-electron chi connectivity index (χ0n) is 11.8. The fourth-order valence-corrected chi connectivity index (χ4v) is 3.59. The highest BCUT2D eigenvalue weighted by Gasteiger charge is 2.36. The predicted octanol–water partition coefficient (Wildman–Crippen LogP) is 1.96. The second-order valence-electron chi connectivity index (χ2n) is 5.99. The van der Waals surface area contributed by atoms with Gasteiger partial charge in [0.2, 0.25) is 0 Å². The highest BCUT2D eigenvalue weighted by molar-refractivity contribution is 5.63. The number of nitrogens with zero attached hydrogens (tertiary/aromatic N) is 3. The first-order valence-corrected chi connectivity index (χ1v) is 7.31. The van der Waals surface area contributed by atoms with Crippen molar-refractivity contribution in [3.05, 3.63) is 17.8 Å². The van der Waals surface area contributed by atoms with Gasteiger partial charge in [0.05, 0.1) is 11.3 Å². The molecule has 3 N–H and O–H groups in total. The SMILES string of the molecule is CN1C2CCCC1CC(Nc1ncc(C#N)cc1N)C2. The highest BCUT2D eigenvalue weighted by Crippen LogP contribution is 2.34. The molecule has 0 radical (unpaired) electrons. The third kappa shape index (κ3) is 2.44. The Morgan fingerprint density at radius 2 is 2.10 bits per heavy atom. The van der Waals surface area contributed by atoms with Crippen molar-refractivity contribution in [2.75, 3.05) is 18.1 Å².